The van der Waals surface area contributed by atoms with Gasteiger partial charge in [-0.3, -0.25) is 0 Å². The third-order valence-electron chi connectivity index (χ3n) is 3.07. The summed E-state index contributed by atoms with van der Waals surface area (Å²) in [4.78, 5) is 0. The fraction of sp³-hybridized carbons (Fsp3) is 0.200. The van der Waals surface area contributed by atoms with E-state index in [9.17, 15) is 14.4 Å². The molecule has 6 heteroatoms. The van der Waals surface area contributed by atoms with E-state index in [1.165, 1.54) is 13.2 Å². The first kappa shape index (κ1) is 15.3. The summed E-state index contributed by atoms with van der Waals surface area (Å²) in [6.45, 7) is 1.90. The van der Waals surface area contributed by atoms with Crippen LogP contribution in [0, 0.1) is 12.7 Å². The SMILES string of the molecule is COc1ccc(B(O)O)cc1COc1cc(C)ccc1F. The van der Waals surface area contributed by atoms with Crippen molar-refractivity contribution in [2.45, 2.75) is 13.5 Å². The third kappa shape index (κ3) is 3.74. The molecule has 2 N–H and O–H groups in total. The van der Waals surface area contributed by atoms with Crippen molar-refractivity contribution in [2.75, 3.05) is 7.11 Å². The van der Waals surface area contributed by atoms with Crippen LogP contribution in [-0.2, 0) is 6.61 Å². The number of methoxy groups -OCH3 is 1. The number of benzene rings is 2. The van der Waals surface area contributed by atoms with E-state index >= 15 is 0 Å². The summed E-state index contributed by atoms with van der Waals surface area (Å²) in [5.74, 6) is 0.234. The zero-order valence-corrected chi connectivity index (χ0v) is 11.8. The van der Waals surface area contributed by atoms with Crippen molar-refractivity contribution in [1.82, 2.24) is 0 Å². The Morgan fingerprint density at radius 2 is 1.86 bits per heavy atom. The lowest BCUT2D eigenvalue weighted by atomic mass is 9.79. The number of aryl methyl sites for hydroxylation is 1. The van der Waals surface area contributed by atoms with Gasteiger partial charge in [0.25, 0.3) is 0 Å². The molecule has 2 aromatic carbocycles. The van der Waals surface area contributed by atoms with Crippen LogP contribution in [0.5, 0.6) is 11.5 Å². The number of rotatable bonds is 5. The van der Waals surface area contributed by atoms with Crippen molar-refractivity contribution >= 4 is 12.6 Å². The fourth-order valence-electron chi connectivity index (χ4n) is 1.95. The minimum Gasteiger partial charge on any atom is -0.496 e. The number of halogens is 1. The molecule has 2 rings (SSSR count). The molecule has 4 nitrogen and oxygen atoms in total. The summed E-state index contributed by atoms with van der Waals surface area (Å²) in [6, 6.07) is 9.31. The molecular formula is C15H16BFO4. The number of hydrogen-bond acceptors (Lipinski definition) is 4. The molecule has 110 valence electrons. The van der Waals surface area contributed by atoms with Gasteiger partial charge in [0.05, 0.1) is 7.11 Å². The van der Waals surface area contributed by atoms with Gasteiger partial charge in [0, 0.05) is 5.56 Å². The van der Waals surface area contributed by atoms with Gasteiger partial charge >= 0.3 is 7.12 Å². The van der Waals surface area contributed by atoms with Gasteiger partial charge in [-0.2, -0.15) is 0 Å². The Bertz CT molecular complexity index is 631. The molecule has 0 saturated carbocycles. The molecule has 21 heavy (non-hydrogen) atoms. The van der Waals surface area contributed by atoms with Gasteiger partial charge in [-0.15, -0.1) is 0 Å². The lowest BCUT2D eigenvalue weighted by molar-refractivity contribution is 0.282. The predicted molar refractivity (Wildman–Crippen MR) is 78.3 cm³/mol. The van der Waals surface area contributed by atoms with Gasteiger partial charge in [0.2, 0.25) is 0 Å². The van der Waals surface area contributed by atoms with Crippen LogP contribution >= 0.6 is 0 Å². The van der Waals surface area contributed by atoms with E-state index < -0.39 is 12.9 Å². The quantitative estimate of drug-likeness (QED) is 0.817. The van der Waals surface area contributed by atoms with Crippen molar-refractivity contribution in [1.29, 1.82) is 0 Å². The van der Waals surface area contributed by atoms with Gasteiger partial charge < -0.3 is 19.5 Å². The highest BCUT2D eigenvalue weighted by molar-refractivity contribution is 6.58. The highest BCUT2D eigenvalue weighted by atomic mass is 19.1. The van der Waals surface area contributed by atoms with Gasteiger partial charge in [-0.05, 0) is 36.1 Å². The summed E-state index contributed by atoms with van der Waals surface area (Å²) < 4.78 is 24.3. The Balaban J connectivity index is 2.22. The van der Waals surface area contributed by atoms with E-state index in [0.717, 1.165) is 5.56 Å². The largest absolute Gasteiger partial charge is 0.496 e. The second-order valence-electron chi connectivity index (χ2n) is 4.67. The second kappa shape index (κ2) is 6.60. The van der Waals surface area contributed by atoms with Crippen LogP contribution in [-0.4, -0.2) is 24.3 Å². The summed E-state index contributed by atoms with van der Waals surface area (Å²) >= 11 is 0. The molecule has 0 unspecified atom stereocenters. The Morgan fingerprint density at radius 1 is 1.10 bits per heavy atom. The molecule has 0 radical (unpaired) electrons. The first-order valence-electron chi connectivity index (χ1n) is 6.43. The molecule has 0 aliphatic rings. The fourth-order valence-corrected chi connectivity index (χ4v) is 1.95. The number of hydrogen-bond donors (Lipinski definition) is 2. The summed E-state index contributed by atoms with van der Waals surface area (Å²) in [7, 11) is -0.0772. The standard InChI is InChI=1S/C15H16BFO4/c1-10-3-5-13(17)15(7-10)21-9-11-8-12(16(18)19)4-6-14(11)20-2/h3-8,18-19H,9H2,1-2H3. The molecule has 0 aliphatic carbocycles. The van der Waals surface area contributed by atoms with Gasteiger partial charge in [-0.1, -0.05) is 18.2 Å². The normalized spacial score (nSPS) is 10.3. The minimum atomic E-state index is -1.58. The molecule has 0 atom stereocenters. The zero-order valence-electron chi connectivity index (χ0n) is 11.8. The summed E-state index contributed by atoms with van der Waals surface area (Å²) in [5.41, 5.74) is 1.81. The van der Waals surface area contributed by atoms with Crippen LogP contribution in [0.2, 0.25) is 0 Å². The maximum Gasteiger partial charge on any atom is 0.488 e. The van der Waals surface area contributed by atoms with Crippen molar-refractivity contribution in [2.24, 2.45) is 0 Å². The Labute approximate surface area is 122 Å². The molecule has 0 aliphatic heterocycles. The van der Waals surface area contributed by atoms with Gasteiger partial charge in [0.1, 0.15) is 12.4 Å². The Morgan fingerprint density at radius 3 is 2.52 bits per heavy atom. The van der Waals surface area contributed by atoms with Crippen molar-refractivity contribution in [3.63, 3.8) is 0 Å². The van der Waals surface area contributed by atoms with Crippen LogP contribution in [0.15, 0.2) is 36.4 Å². The average Bonchev–Trinajstić information content (AvgIpc) is 2.47. The minimum absolute atomic E-state index is 0.0596. The molecular weight excluding hydrogens is 274 g/mol. The molecule has 2 aromatic rings. The highest BCUT2D eigenvalue weighted by Crippen LogP contribution is 2.22. The zero-order chi connectivity index (χ0) is 15.4. The highest BCUT2D eigenvalue weighted by Gasteiger charge is 2.14. The monoisotopic (exact) mass is 290 g/mol. The maximum absolute atomic E-state index is 13.6. The van der Waals surface area contributed by atoms with Gasteiger partial charge in [0.15, 0.2) is 11.6 Å². The molecule has 0 heterocycles. The van der Waals surface area contributed by atoms with Crippen LogP contribution in [0.1, 0.15) is 11.1 Å². The van der Waals surface area contributed by atoms with Crippen LogP contribution in [0.4, 0.5) is 4.39 Å². The van der Waals surface area contributed by atoms with E-state index in [1.54, 1.807) is 30.3 Å². The predicted octanol–water partition coefficient (Wildman–Crippen LogP) is 1.40. The molecule has 0 aromatic heterocycles. The van der Waals surface area contributed by atoms with Crippen LogP contribution in [0.3, 0.4) is 0 Å². The van der Waals surface area contributed by atoms with Crippen LogP contribution in [0.25, 0.3) is 0 Å². The van der Waals surface area contributed by atoms with E-state index in [0.29, 0.717) is 16.8 Å². The van der Waals surface area contributed by atoms with Crippen molar-refractivity contribution in [3.05, 3.63) is 53.3 Å². The molecule has 0 amide bonds. The topological polar surface area (TPSA) is 58.9 Å². The summed E-state index contributed by atoms with van der Waals surface area (Å²) in [6.07, 6.45) is 0. The first-order chi connectivity index (χ1) is 10.0. The lowest BCUT2D eigenvalue weighted by Crippen LogP contribution is -2.30. The Kier molecular flexibility index (Phi) is 4.83. The average molecular weight is 290 g/mol. The number of ether oxygens (including phenoxy) is 2. The smallest absolute Gasteiger partial charge is 0.488 e. The molecule has 0 spiro atoms. The van der Waals surface area contributed by atoms with Gasteiger partial charge in [-0.25, -0.2) is 4.39 Å². The van der Waals surface area contributed by atoms with Crippen LogP contribution < -0.4 is 14.9 Å². The van der Waals surface area contributed by atoms with E-state index in [2.05, 4.69) is 0 Å². The third-order valence-corrected chi connectivity index (χ3v) is 3.07. The van der Waals surface area contributed by atoms with Crippen molar-refractivity contribution < 1.29 is 23.9 Å². The molecule has 0 fully saturated rings. The first-order valence-corrected chi connectivity index (χ1v) is 6.43. The van der Waals surface area contributed by atoms with Crippen molar-refractivity contribution in [3.8, 4) is 11.5 Å². The second-order valence-corrected chi connectivity index (χ2v) is 4.67. The molecule has 0 bridgehead atoms. The maximum atomic E-state index is 13.6. The Hall–Kier alpha value is -2.05. The summed E-state index contributed by atoms with van der Waals surface area (Å²) in [5, 5.41) is 18.4. The van der Waals surface area contributed by atoms with E-state index in [4.69, 9.17) is 9.47 Å². The van der Waals surface area contributed by atoms with E-state index in [1.807, 2.05) is 6.92 Å². The molecule has 0 saturated heterocycles. The van der Waals surface area contributed by atoms with E-state index in [-0.39, 0.29) is 12.4 Å². The lowest BCUT2D eigenvalue weighted by Gasteiger charge is -2.12.